The molecular weight excluding hydrogens is 252 g/mol. The van der Waals surface area contributed by atoms with E-state index in [2.05, 4.69) is 17.6 Å². The summed E-state index contributed by atoms with van der Waals surface area (Å²) in [6.45, 7) is 4.80. The van der Waals surface area contributed by atoms with Gasteiger partial charge in [-0.25, -0.2) is 0 Å². The van der Waals surface area contributed by atoms with E-state index in [0.717, 1.165) is 31.4 Å². The second-order valence-corrected chi connectivity index (χ2v) is 4.84. The number of anilines is 1. The van der Waals surface area contributed by atoms with Crippen LogP contribution in [0.2, 0.25) is 0 Å². The maximum atomic E-state index is 11.7. The quantitative estimate of drug-likeness (QED) is 0.715. The molecule has 0 aromatic heterocycles. The molecule has 0 radical (unpaired) electrons. The summed E-state index contributed by atoms with van der Waals surface area (Å²) < 4.78 is 0. The fourth-order valence-corrected chi connectivity index (χ4v) is 1.80. The van der Waals surface area contributed by atoms with Crippen molar-refractivity contribution >= 4 is 17.5 Å². The summed E-state index contributed by atoms with van der Waals surface area (Å²) in [6, 6.07) is 6.98. The van der Waals surface area contributed by atoms with Crippen LogP contribution in [0, 0.1) is 0 Å². The number of unbranched alkanes of at least 4 members (excludes halogenated alkanes) is 2. The number of hydrogen-bond donors (Lipinski definition) is 2. The van der Waals surface area contributed by atoms with Crippen LogP contribution in [0.5, 0.6) is 0 Å². The zero-order valence-electron chi connectivity index (χ0n) is 12.4. The number of amides is 2. The molecule has 4 nitrogen and oxygen atoms in total. The van der Waals surface area contributed by atoms with Gasteiger partial charge < -0.3 is 10.6 Å². The zero-order chi connectivity index (χ0) is 14.8. The van der Waals surface area contributed by atoms with Crippen molar-refractivity contribution in [3.8, 4) is 0 Å². The summed E-state index contributed by atoms with van der Waals surface area (Å²) in [6.07, 6.45) is 4.56. The van der Waals surface area contributed by atoms with Gasteiger partial charge in [0.15, 0.2) is 0 Å². The van der Waals surface area contributed by atoms with E-state index in [0.29, 0.717) is 18.5 Å². The Bertz CT molecular complexity index is 427. The van der Waals surface area contributed by atoms with Crippen LogP contribution in [-0.2, 0) is 4.79 Å². The predicted molar refractivity (Wildman–Crippen MR) is 81.8 cm³/mol. The van der Waals surface area contributed by atoms with E-state index in [1.807, 2.05) is 6.92 Å². The molecule has 0 aliphatic rings. The van der Waals surface area contributed by atoms with Gasteiger partial charge >= 0.3 is 0 Å². The van der Waals surface area contributed by atoms with Crippen molar-refractivity contribution in [2.75, 3.05) is 11.9 Å². The van der Waals surface area contributed by atoms with Gasteiger partial charge in [0.25, 0.3) is 5.91 Å². The van der Waals surface area contributed by atoms with Gasteiger partial charge in [-0.15, -0.1) is 0 Å². The second kappa shape index (κ2) is 9.13. The van der Waals surface area contributed by atoms with Crippen molar-refractivity contribution in [3.63, 3.8) is 0 Å². The minimum atomic E-state index is -0.0762. The van der Waals surface area contributed by atoms with E-state index >= 15 is 0 Å². The predicted octanol–water partition coefficient (Wildman–Crippen LogP) is 3.35. The molecular formula is C16H24N2O2. The Balaban J connectivity index is 2.45. The molecule has 0 saturated heterocycles. The lowest BCUT2D eigenvalue weighted by molar-refractivity contribution is -0.116. The molecule has 0 aliphatic heterocycles. The molecule has 0 atom stereocenters. The Morgan fingerprint density at radius 2 is 1.70 bits per heavy atom. The largest absolute Gasteiger partial charge is 0.352 e. The molecule has 1 aromatic carbocycles. The molecule has 0 spiro atoms. The summed E-state index contributed by atoms with van der Waals surface area (Å²) in [5.41, 5.74) is 1.35. The zero-order valence-corrected chi connectivity index (χ0v) is 12.4. The monoisotopic (exact) mass is 276 g/mol. The van der Waals surface area contributed by atoms with Crippen LogP contribution in [0.15, 0.2) is 24.3 Å². The number of carbonyl (C=O) groups excluding carboxylic acids is 2. The molecule has 0 saturated carbocycles. The third-order valence-electron chi connectivity index (χ3n) is 2.97. The maximum absolute atomic E-state index is 11.7. The molecule has 0 aliphatic carbocycles. The second-order valence-electron chi connectivity index (χ2n) is 4.84. The molecule has 0 heterocycles. The first kappa shape index (κ1) is 16.2. The topological polar surface area (TPSA) is 58.2 Å². The highest BCUT2D eigenvalue weighted by atomic mass is 16.2. The van der Waals surface area contributed by atoms with Gasteiger partial charge in [0.2, 0.25) is 5.91 Å². The van der Waals surface area contributed by atoms with E-state index in [-0.39, 0.29) is 11.8 Å². The average molecular weight is 276 g/mol. The van der Waals surface area contributed by atoms with Gasteiger partial charge in [0, 0.05) is 24.2 Å². The van der Waals surface area contributed by atoms with Crippen LogP contribution >= 0.6 is 0 Å². The first-order chi connectivity index (χ1) is 9.67. The number of hydrogen-bond acceptors (Lipinski definition) is 2. The summed E-state index contributed by atoms with van der Waals surface area (Å²) >= 11 is 0. The maximum Gasteiger partial charge on any atom is 0.251 e. The van der Waals surface area contributed by atoms with Crippen LogP contribution in [0.4, 0.5) is 5.69 Å². The molecule has 0 fully saturated rings. The Morgan fingerprint density at radius 1 is 1.00 bits per heavy atom. The van der Waals surface area contributed by atoms with Gasteiger partial charge in [0.05, 0.1) is 0 Å². The fourth-order valence-electron chi connectivity index (χ4n) is 1.80. The van der Waals surface area contributed by atoms with Crippen molar-refractivity contribution in [2.45, 2.75) is 46.0 Å². The smallest absolute Gasteiger partial charge is 0.251 e. The molecule has 0 bridgehead atoms. The number of rotatable bonds is 8. The summed E-state index contributed by atoms with van der Waals surface area (Å²) in [5, 5.41) is 5.66. The van der Waals surface area contributed by atoms with Gasteiger partial charge in [0.1, 0.15) is 0 Å². The van der Waals surface area contributed by atoms with Crippen molar-refractivity contribution in [1.82, 2.24) is 5.32 Å². The molecule has 20 heavy (non-hydrogen) atoms. The van der Waals surface area contributed by atoms with Gasteiger partial charge in [-0.3, -0.25) is 9.59 Å². The lowest BCUT2D eigenvalue weighted by Crippen LogP contribution is -2.23. The van der Waals surface area contributed by atoms with Crippen LogP contribution in [0.1, 0.15) is 56.3 Å². The minimum absolute atomic E-state index is 0.0293. The molecule has 0 unspecified atom stereocenters. The Kier molecular flexibility index (Phi) is 7.40. The minimum Gasteiger partial charge on any atom is -0.352 e. The van der Waals surface area contributed by atoms with E-state index < -0.39 is 0 Å². The molecule has 4 heteroatoms. The standard InChI is InChI=1S/C16H24N2O2/c1-3-5-6-7-15(19)18-14-10-8-13(9-11-14)16(20)17-12-4-2/h8-11H,3-7,12H2,1-2H3,(H,17,20)(H,18,19). The Morgan fingerprint density at radius 3 is 2.30 bits per heavy atom. The number of nitrogens with one attached hydrogen (secondary N) is 2. The van der Waals surface area contributed by atoms with E-state index in [4.69, 9.17) is 0 Å². The van der Waals surface area contributed by atoms with Crippen molar-refractivity contribution in [1.29, 1.82) is 0 Å². The Labute approximate surface area is 121 Å². The van der Waals surface area contributed by atoms with Crippen LogP contribution in [0.25, 0.3) is 0 Å². The molecule has 1 rings (SSSR count). The molecule has 1 aromatic rings. The van der Waals surface area contributed by atoms with E-state index in [1.165, 1.54) is 0 Å². The van der Waals surface area contributed by atoms with E-state index in [1.54, 1.807) is 24.3 Å². The summed E-state index contributed by atoms with van der Waals surface area (Å²) in [7, 11) is 0. The lowest BCUT2D eigenvalue weighted by Gasteiger charge is -2.07. The van der Waals surface area contributed by atoms with Crippen LogP contribution in [-0.4, -0.2) is 18.4 Å². The lowest BCUT2D eigenvalue weighted by atomic mass is 10.1. The van der Waals surface area contributed by atoms with Gasteiger partial charge in [-0.05, 0) is 37.1 Å². The highest BCUT2D eigenvalue weighted by Crippen LogP contribution is 2.11. The Hall–Kier alpha value is -1.84. The summed E-state index contributed by atoms with van der Waals surface area (Å²) in [4.78, 5) is 23.4. The van der Waals surface area contributed by atoms with Crippen LogP contribution in [0.3, 0.4) is 0 Å². The number of carbonyl (C=O) groups is 2. The van der Waals surface area contributed by atoms with Crippen molar-refractivity contribution in [3.05, 3.63) is 29.8 Å². The van der Waals surface area contributed by atoms with Gasteiger partial charge in [-0.1, -0.05) is 26.7 Å². The average Bonchev–Trinajstić information content (AvgIpc) is 2.46. The third-order valence-corrected chi connectivity index (χ3v) is 2.97. The van der Waals surface area contributed by atoms with Crippen molar-refractivity contribution in [2.24, 2.45) is 0 Å². The van der Waals surface area contributed by atoms with Crippen LogP contribution < -0.4 is 10.6 Å². The first-order valence-electron chi connectivity index (χ1n) is 7.35. The fraction of sp³-hybridized carbons (Fsp3) is 0.500. The normalized spacial score (nSPS) is 10.1. The third kappa shape index (κ3) is 5.87. The van der Waals surface area contributed by atoms with Crippen molar-refractivity contribution < 1.29 is 9.59 Å². The molecule has 2 N–H and O–H groups in total. The summed E-state index contributed by atoms with van der Waals surface area (Å²) in [5.74, 6) is -0.0469. The highest BCUT2D eigenvalue weighted by Gasteiger charge is 2.05. The SMILES string of the molecule is CCCCCC(=O)Nc1ccc(C(=O)NCCC)cc1. The number of benzene rings is 1. The van der Waals surface area contributed by atoms with E-state index in [9.17, 15) is 9.59 Å². The first-order valence-corrected chi connectivity index (χ1v) is 7.35. The van der Waals surface area contributed by atoms with Gasteiger partial charge in [-0.2, -0.15) is 0 Å². The molecule has 2 amide bonds. The highest BCUT2D eigenvalue weighted by molar-refractivity contribution is 5.95. The molecule has 110 valence electrons.